The molecule has 3 nitrogen and oxygen atoms in total. The van der Waals surface area contributed by atoms with Gasteiger partial charge in [0, 0.05) is 25.3 Å². The predicted octanol–water partition coefficient (Wildman–Crippen LogP) is 1.52. The fraction of sp³-hybridized carbons (Fsp3) is 0.800. The molecule has 13 heavy (non-hydrogen) atoms. The summed E-state index contributed by atoms with van der Waals surface area (Å²) >= 11 is 0. The van der Waals surface area contributed by atoms with Gasteiger partial charge in [-0.2, -0.15) is 0 Å². The molecule has 0 saturated heterocycles. The van der Waals surface area contributed by atoms with Crippen molar-refractivity contribution >= 4 is 11.7 Å². The van der Waals surface area contributed by atoms with Crippen molar-refractivity contribution < 1.29 is 9.59 Å². The number of hydrogen-bond acceptors (Lipinski definition) is 2. The molecule has 0 aliphatic heterocycles. The molecule has 3 heteroatoms. The number of ketones is 1. The van der Waals surface area contributed by atoms with Crippen LogP contribution in [0, 0.1) is 5.92 Å². The molecule has 0 unspecified atom stereocenters. The van der Waals surface area contributed by atoms with Crippen LogP contribution in [0.5, 0.6) is 0 Å². The normalized spacial score (nSPS) is 10.2. The molecule has 0 rings (SSSR count). The summed E-state index contributed by atoms with van der Waals surface area (Å²) < 4.78 is 0. The zero-order valence-electron chi connectivity index (χ0n) is 8.72. The molecule has 1 amide bonds. The lowest BCUT2D eigenvalue weighted by molar-refractivity contribution is -0.122. The Balaban J connectivity index is 3.45. The van der Waals surface area contributed by atoms with Gasteiger partial charge < -0.3 is 5.32 Å². The Labute approximate surface area is 79.9 Å². The highest BCUT2D eigenvalue weighted by Crippen LogP contribution is 1.97. The molecule has 0 heterocycles. The van der Waals surface area contributed by atoms with Crippen LogP contribution in [0.2, 0.25) is 0 Å². The first-order chi connectivity index (χ1) is 6.07. The first kappa shape index (κ1) is 12.1. The number of amides is 1. The monoisotopic (exact) mass is 185 g/mol. The minimum Gasteiger partial charge on any atom is -0.356 e. The maximum atomic E-state index is 11.1. The molecule has 76 valence electrons. The van der Waals surface area contributed by atoms with E-state index in [0.29, 0.717) is 19.4 Å². The average molecular weight is 185 g/mol. The molecular weight excluding hydrogens is 166 g/mol. The van der Waals surface area contributed by atoms with E-state index in [-0.39, 0.29) is 17.6 Å². The standard InChI is InChI=1S/C10H19NO2/c1-4-5-10(13)11-7-6-9(12)8(2)3/h8H,4-7H2,1-3H3,(H,11,13). The minimum absolute atomic E-state index is 0.0408. The van der Waals surface area contributed by atoms with Crippen LogP contribution < -0.4 is 5.32 Å². The van der Waals surface area contributed by atoms with Crippen molar-refractivity contribution in [2.45, 2.75) is 40.0 Å². The third-order valence-corrected chi connectivity index (χ3v) is 1.81. The molecule has 0 aromatic rings. The van der Waals surface area contributed by atoms with Gasteiger partial charge in [-0.25, -0.2) is 0 Å². The lowest BCUT2D eigenvalue weighted by atomic mass is 10.1. The van der Waals surface area contributed by atoms with Gasteiger partial charge in [0.05, 0.1) is 0 Å². The van der Waals surface area contributed by atoms with Crippen LogP contribution in [0.4, 0.5) is 0 Å². The van der Waals surface area contributed by atoms with Crippen molar-refractivity contribution in [1.82, 2.24) is 5.32 Å². The summed E-state index contributed by atoms with van der Waals surface area (Å²) in [5, 5.41) is 2.71. The fourth-order valence-corrected chi connectivity index (χ4v) is 0.929. The van der Waals surface area contributed by atoms with Crippen molar-refractivity contribution in [2.75, 3.05) is 6.54 Å². The van der Waals surface area contributed by atoms with Crippen LogP contribution in [-0.2, 0) is 9.59 Å². The average Bonchev–Trinajstić information content (AvgIpc) is 2.04. The van der Waals surface area contributed by atoms with Crippen molar-refractivity contribution in [2.24, 2.45) is 5.92 Å². The van der Waals surface area contributed by atoms with Crippen LogP contribution >= 0.6 is 0 Å². The number of hydrogen-bond donors (Lipinski definition) is 1. The van der Waals surface area contributed by atoms with E-state index in [4.69, 9.17) is 0 Å². The van der Waals surface area contributed by atoms with Gasteiger partial charge >= 0.3 is 0 Å². The van der Waals surface area contributed by atoms with Crippen molar-refractivity contribution in [3.8, 4) is 0 Å². The first-order valence-electron chi connectivity index (χ1n) is 4.87. The highest BCUT2D eigenvalue weighted by molar-refractivity contribution is 5.81. The number of carbonyl (C=O) groups is 2. The molecular formula is C10H19NO2. The topological polar surface area (TPSA) is 46.2 Å². The van der Waals surface area contributed by atoms with Gasteiger partial charge in [-0.1, -0.05) is 20.8 Å². The number of Topliss-reactive ketones (excluding diaryl/α,β-unsaturated/α-hetero) is 1. The maximum Gasteiger partial charge on any atom is 0.219 e. The fourth-order valence-electron chi connectivity index (χ4n) is 0.929. The first-order valence-corrected chi connectivity index (χ1v) is 4.87. The van der Waals surface area contributed by atoms with Gasteiger partial charge in [-0.05, 0) is 6.42 Å². The Bertz CT molecular complexity index is 176. The summed E-state index contributed by atoms with van der Waals surface area (Å²) in [7, 11) is 0. The Kier molecular flexibility index (Phi) is 6.20. The van der Waals surface area contributed by atoms with E-state index in [9.17, 15) is 9.59 Å². The second kappa shape index (κ2) is 6.63. The second-order valence-electron chi connectivity index (χ2n) is 3.47. The summed E-state index contributed by atoms with van der Waals surface area (Å²) in [4.78, 5) is 22.1. The zero-order valence-corrected chi connectivity index (χ0v) is 8.72. The van der Waals surface area contributed by atoms with Gasteiger partial charge in [0.15, 0.2) is 0 Å². The maximum absolute atomic E-state index is 11.1. The van der Waals surface area contributed by atoms with E-state index >= 15 is 0 Å². The lowest BCUT2D eigenvalue weighted by Crippen LogP contribution is -2.26. The van der Waals surface area contributed by atoms with Gasteiger partial charge in [0.1, 0.15) is 5.78 Å². The van der Waals surface area contributed by atoms with Crippen molar-refractivity contribution in [3.05, 3.63) is 0 Å². The Morgan fingerprint density at radius 1 is 1.23 bits per heavy atom. The zero-order chi connectivity index (χ0) is 10.3. The summed E-state index contributed by atoms with van der Waals surface area (Å²) in [5.74, 6) is 0.318. The molecule has 0 aliphatic rings. The molecule has 0 saturated carbocycles. The molecule has 1 N–H and O–H groups in total. The third kappa shape index (κ3) is 6.31. The highest BCUT2D eigenvalue weighted by Gasteiger charge is 2.06. The van der Waals surface area contributed by atoms with Gasteiger partial charge in [-0.3, -0.25) is 9.59 Å². The van der Waals surface area contributed by atoms with E-state index < -0.39 is 0 Å². The summed E-state index contributed by atoms with van der Waals surface area (Å²) in [6.07, 6.45) is 1.85. The van der Waals surface area contributed by atoms with Crippen LogP contribution in [-0.4, -0.2) is 18.2 Å². The Hall–Kier alpha value is -0.860. The Morgan fingerprint density at radius 2 is 1.85 bits per heavy atom. The van der Waals surface area contributed by atoms with E-state index in [1.54, 1.807) is 0 Å². The highest BCUT2D eigenvalue weighted by atomic mass is 16.1. The van der Waals surface area contributed by atoms with Gasteiger partial charge in [-0.15, -0.1) is 0 Å². The molecule has 0 fully saturated rings. The van der Waals surface area contributed by atoms with E-state index in [0.717, 1.165) is 6.42 Å². The quantitative estimate of drug-likeness (QED) is 0.682. The molecule has 0 aromatic heterocycles. The largest absolute Gasteiger partial charge is 0.356 e. The van der Waals surface area contributed by atoms with E-state index in [1.807, 2.05) is 20.8 Å². The van der Waals surface area contributed by atoms with E-state index in [2.05, 4.69) is 5.32 Å². The summed E-state index contributed by atoms with van der Waals surface area (Å²) in [5.41, 5.74) is 0. The van der Waals surface area contributed by atoms with Crippen LogP contribution in [0.3, 0.4) is 0 Å². The number of carbonyl (C=O) groups excluding carboxylic acids is 2. The van der Waals surface area contributed by atoms with Crippen molar-refractivity contribution in [3.63, 3.8) is 0 Å². The molecule has 0 atom stereocenters. The molecule has 0 aromatic carbocycles. The molecule has 0 radical (unpaired) electrons. The minimum atomic E-state index is 0.0408. The second-order valence-corrected chi connectivity index (χ2v) is 3.47. The summed E-state index contributed by atoms with van der Waals surface area (Å²) in [6, 6.07) is 0. The van der Waals surface area contributed by atoms with Crippen molar-refractivity contribution in [1.29, 1.82) is 0 Å². The van der Waals surface area contributed by atoms with E-state index in [1.165, 1.54) is 0 Å². The van der Waals surface area contributed by atoms with Gasteiger partial charge in [0.2, 0.25) is 5.91 Å². The smallest absolute Gasteiger partial charge is 0.219 e. The van der Waals surface area contributed by atoms with Gasteiger partial charge in [0.25, 0.3) is 0 Å². The molecule has 0 aliphatic carbocycles. The summed E-state index contributed by atoms with van der Waals surface area (Å²) in [6.45, 7) is 6.18. The Morgan fingerprint density at radius 3 is 2.31 bits per heavy atom. The third-order valence-electron chi connectivity index (χ3n) is 1.81. The predicted molar refractivity (Wildman–Crippen MR) is 52.4 cm³/mol. The number of nitrogens with one attached hydrogen (secondary N) is 1. The SMILES string of the molecule is CCCC(=O)NCCC(=O)C(C)C. The molecule has 0 bridgehead atoms. The lowest BCUT2D eigenvalue weighted by Gasteiger charge is -2.05. The number of rotatable bonds is 6. The molecule has 0 spiro atoms. The van der Waals surface area contributed by atoms with Crippen LogP contribution in [0.25, 0.3) is 0 Å². The van der Waals surface area contributed by atoms with Crippen LogP contribution in [0.1, 0.15) is 40.0 Å². The van der Waals surface area contributed by atoms with Crippen LogP contribution in [0.15, 0.2) is 0 Å².